The van der Waals surface area contributed by atoms with Crippen LogP contribution in [0, 0.1) is 56.7 Å². The molecule has 2 nitrogen and oxygen atoms in total. The molecule has 0 bridgehead atoms. The summed E-state index contributed by atoms with van der Waals surface area (Å²) in [5.41, 5.74) is 3.19. The lowest BCUT2D eigenvalue weighted by Gasteiger charge is -2.73. The summed E-state index contributed by atoms with van der Waals surface area (Å²) in [7, 11) is 0. The van der Waals surface area contributed by atoms with Gasteiger partial charge in [0, 0.05) is 11.8 Å². The maximum Gasteiger partial charge on any atom is 0.306 e. The highest BCUT2D eigenvalue weighted by Crippen LogP contribution is 2.77. The van der Waals surface area contributed by atoms with Gasteiger partial charge < -0.3 is 4.74 Å². The zero-order valence-electron chi connectivity index (χ0n) is 33.5. The molecular formula is C46H80O2. The molecule has 0 unspecified atom stereocenters. The number of hydrogen-bond donors (Lipinski definition) is 0. The van der Waals surface area contributed by atoms with E-state index in [0.29, 0.717) is 34.0 Å². The zero-order valence-corrected chi connectivity index (χ0v) is 33.5. The van der Waals surface area contributed by atoms with Crippen LogP contribution < -0.4 is 0 Å². The first-order valence-corrected chi connectivity index (χ1v) is 21.6. The van der Waals surface area contributed by atoms with Crippen LogP contribution in [0.2, 0.25) is 0 Å². The minimum atomic E-state index is 0.0411. The lowest BCUT2D eigenvalue weighted by atomic mass is 9.32. The van der Waals surface area contributed by atoms with Crippen molar-refractivity contribution >= 4 is 5.97 Å². The van der Waals surface area contributed by atoms with Crippen molar-refractivity contribution in [2.45, 2.75) is 216 Å². The maximum atomic E-state index is 13.2. The molecule has 0 saturated heterocycles. The van der Waals surface area contributed by atoms with Crippen LogP contribution in [0.15, 0.2) is 12.2 Å². The molecule has 0 radical (unpaired) electrons. The number of fused-ring (bicyclic) bond motifs is 7. The first kappa shape index (κ1) is 38.4. The maximum absolute atomic E-state index is 13.2. The van der Waals surface area contributed by atoms with Gasteiger partial charge in [-0.2, -0.15) is 0 Å². The molecule has 0 spiro atoms. The topological polar surface area (TPSA) is 26.3 Å². The van der Waals surface area contributed by atoms with Gasteiger partial charge >= 0.3 is 5.97 Å². The standard InChI is InChI=1S/C46H80O2/c1-10-11-12-13-14-15-16-17-18-19-20-21-22-23-40(47)48-39-28-30-44(7)37(42(39,4)5)27-31-46(9)38(44)25-24-36-41-35(34(2)3)26-29-43(41,6)32-33-45(36,46)8/h35-39,41H,2,10-33H2,1,3-9H3/t35-,36+,37-,38+,39+,41+,43+,44-,45+,46+/m0/s1. The highest BCUT2D eigenvalue weighted by Gasteiger charge is 2.70. The number of carbonyl (C=O) groups excluding carboxylic acids is 1. The van der Waals surface area contributed by atoms with E-state index in [1.54, 1.807) is 0 Å². The highest BCUT2D eigenvalue weighted by atomic mass is 16.5. The number of carbonyl (C=O) groups is 1. The molecule has 0 aromatic heterocycles. The fraction of sp³-hybridized carbons (Fsp3) is 0.935. The van der Waals surface area contributed by atoms with Crippen LogP contribution in [0.4, 0.5) is 0 Å². The van der Waals surface area contributed by atoms with Crippen LogP contribution in [0.25, 0.3) is 0 Å². The van der Waals surface area contributed by atoms with Gasteiger partial charge in [0.1, 0.15) is 6.10 Å². The third-order valence-corrected chi connectivity index (χ3v) is 17.2. The highest BCUT2D eigenvalue weighted by molar-refractivity contribution is 5.69. The van der Waals surface area contributed by atoms with E-state index in [0.717, 1.165) is 36.5 Å². The van der Waals surface area contributed by atoms with Crippen molar-refractivity contribution in [2.24, 2.45) is 56.7 Å². The number of esters is 1. The van der Waals surface area contributed by atoms with Gasteiger partial charge in [0.05, 0.1) is 0 Å². The van der Waals surface area contributed by atoms with E-state index in [4.69, 9.17) is 4.74 Å². The van der Waals surface area contributed by atoms with Crippen molar-refractivity contribution in [1.82, 2.24) is 0 Å². The molecule has 0 N–H and O–H groups in total. The van der Waals surface area contributed by atoms with Crippen LogP contribution >= 0.6 is 0 Å². The molecule has 0 aromatic rings. The van der Waals surface area contributed by atoms with Gasteiger partial charge in [0.25, 0.3) is 0 Å². The van der Waals surface area contributed by atoms with Gasteiger partial charge in [-0.15, -0.1) is 0 Å². The van der Waals surface area contributed by atoms with Crippen molar-refractivity contribution in [1.29, 1.82) is 0 Å². The van der Waals surface area contributed by atoms with Crippen molar-refractivity contribution in [3.63, 3.8) is 0 Å². The van der Waals surface area contributed by atoms with E-state index >= 15 is 0 Å². The molecule has 0 amide bonds. The Morgan fingerprint density at radius 1 is 0.646 bits per heavy atom. The number of unbranched alkanes of at least 4 members (excludes halogenated alkanes) is 12. The molecule has 276 valence electrons. The van der Waals surface area contributed by atoms with Crippen molar-refractivity contribution < 1.29 is 9.53 Å². The van der Waals surface area contributed by atoms with Crippen LogP contribution in [-0.2, 0) is 9.53 Å². The fourth-order valence-electron chi connectivity index (χ4n) is 14.2. The normalized spacial score (nSPS) is 41.5. The Morgan fingerprint density at radius 3 is 1.85 bits per heavy atom. The van der Waals surface area contributed by atoms with E-state index in [2.05, 4.69) is 62.0 Å². The zero-order chi connectivity index (χ0) is 34.8. The monoisotopic (exact) mass is 665 g/mol. The summed E-state index contributed by atoms with van der Waals surface area (Å²) < 4.78 is 6.42. The lowest BCUT2D eigenvalue weighted by Crippen LogP contribution is -2.66. The first-order chi connectivity index (χ1) is 22.7. The molecule has 48 heavy (non-hydrogen) atoms. The van der Waals surface area contributed by atoms with Gasteiger partial charge in [0.2, 0.25) is 0 Å². The summed E-state index contributed by atoms with van der Waals surface area (Å²) in [5, 5.41) is 0. The molecule has 5 rings (SSSR count). The van der Waals surface area contributed by atoms with Gasteiger partial charge in [-0.3, -0.25) is 4.79 Å². The van der Waals surface area contributed by atoms with Crippen LogP contribution in [0.3, 0.4) is 0 Å². The second-order valence-corrected chi connectivity index (χ2v) is 20.2. The van der Waals surface area contributed by atoms with Gasteiger partial charge in [-0.25, -0.2) is 0 Å². The minimum absolute atomic E-state index is 0.0411. The number of allylic oxidation sites excluding steroid dienone is 1. The molecule has 5 aliphatic carbocycles. The largest absolute Gasteiger partial charge is 0.462 e. The molecule has 2 heteroatoms. The summed E-state index contributed by atoms with van der Waals surface area (Å²) in [6.45, 7) is 25.0. The van der Waals surface area contributed by atoms with Crippen molar-refractivity contribution in [3.8, 4) is 0 Å². The number of rotatable bonds is 16. The third kappa shape index (κ3) is 7.14. The Hall–Kier alpha value is -0.790. The van der Waals surface area contributed by atoms with Crippen molar-refractivity contribution in [3.05, 3.63) is 12.2 Å². The SMILES string of the molecule is C=C(C)[C@@H]1CC[C@]2(C)CC[C@]3(C)[C@H](CC[C@@H]4[C@@]5(C)CC[C@@H](OC(=O)CCCCCCCCCCCCCCC)C(C)(C)[C@@H]5CC[C@]43C)[C@@H]12. The molecule has 0 aromatic carbocycles. The predicted molar refractivity (Wildman–Crippen MR) is 205 cm³/mol. The van der Waals surface area contributed by atoms with Crippen molar-refractivity contribution in [2.75, 3.05) is 0 Å². The molecule has 5 saturated carbocycles. The molecule has 10 atom stereocenters. The van der Waals surface area contributed by atoms with E-state index < -0.39 is 0 Å². The van der Waals surface area contributed by atoms with E-state index in [1.807, 2.05) is 0 Å². The Bertz CT molecular complexity index is 1090. The molecule has 5 fully saturated rings. The number of hydrogen-bond acceptors (Lipinski definition) is 2. The second-order valence-electron chi connectivity index (χ2n) is 20.2. The fourth-order valence-corrected chi connectivity index (χ4v) is 14.2. The van der Waals surface area contributed by atoms with E-state index in [-0.39, 0.29) is 17.5 Å². The van der Waals surface area contributed by atoms with Gasteiger partial charge in [-0.05, 0) is 129 Å². The Morgan fingerprint density at radius 2 is 1.25 bits per heavy atom. The minimum Gasteiger partial charge on any atom is -0.462 e. The number of ether oxygens (including phenoxy) is 1. The summed E-state index contributed by atoms with van der Waals surface area (Å²) >= 11 is 0. The quantitative estimate of drug-likeness (QED) is 0.0932. The first-order valence-electron chi connectivity index (χ1n) is 21.6. The summed E-state index contributed by atoms with van der Waals surface area (Å²) in [4.78, 5) is 13.2. The molecular weight excluding hydrogens is 585 g/mol. The molecule has 5 aliphatic rings. The smallest absolute Gasteiger partial charge is 0.306 e. The van der Waals surface area contributed by atoms with Gasteiger partial charge in [0.15, 0.2) is 0 Å². The Balaban J connectivity index is 1.11. The lowest BCUT2D eigenvalue weighted by molar-refractivity contribution is -0.249. The van der Waals surface area contributed by atoms with Crippen LogP contribution in [-0.4, -0.2) is 12.1 Å². The van der Waals surface area contributed by atoms with Crippen LogP contribution in [0.5, 0.6) is 0 Å². The average Bonchev–Trinajstić information content (AvgIpc) is 3.39. The molecule has 0 aliphatic heterocycles. The average molecular weight is 665 g/mol. The summed E-state index contributed by atoms with van der Waals surface area (Å²) in [6, 6.07) is 0. The van der Waals surface area contributed by atoms with E-state index in [1.165, 1.54) is 140 Å². The van der Waals surface area contributed by atoms with Gasteiger partial charge in [-0.1, -0.05) is 138 Å². The predicted octanol–water partition coefficient (Wildman–Crippen LogP) is 14.1. The Labute approximate surface area is 299 Å². The van der Waals surface area contributed by atoms with E-state index in [9.17, 15) is 4.79 Å². The Kier molecular flexibility index (Phi) is 12.4. The second kappa shape index (κ2) is 15.4. The summed E-state index contributed by atoms with van der Waals surface area (Å²) in [5.74, 6) is 3.89. The third-order valence-electron chi connectivity index (χ3n) is 17.2. The molecule has 0 heterocycles. The summed E-state index contributed by atoms with van der Waals surface area (Å²) in [6.07, 6.45) is 31.4. The van der Waals surface area contributed by atoms with Crippen LogP contribution in [0.1, 0.15) is 209 Å².